The zero-order valence-electron chi connectivity index (χ0n) is 12.9. The van der Waals surface area contributed by atoms with Crippen molar-refractivity contribution in [3.8, 4) is 0 Å². The van der Waals surface area contributed by atoms with Gasteiger partial charge in [0.2, 0.25) is 5.91 Å². The molecule has 1 aliphatic rings. The molecule has 6 heteroatoms. The van der Waals surface area contributed by atoms with Crippen LogP contribution < -0.4 is 5.32 Å². The van der Waals surface area contributed by atoms with Crippen LogP contribution in [0.5, 0.6) is 0 Å². The third-order valence-electron chi connectivity index (χ3n) is 4.38. The van der Waals surface area contributed by atoms with Crippen LogP contribution in [0.2, 0.25) is 0 Å². The Kier molecular flexibility index (Phi) is 4.39. The molecule has 21 heavy (non-hydrogen) atoms. The number of carboxylic acids is 1. The van der Waals surface area contributed by atoms with Gasteiger partial charge in [0, 0.05) is 4.88 Å². The van der Waals surface area contributed by atoms with Gasteiger partial charge < -0.3 is 15.2 Å². The Morgan fingerprint density at radius 3 is 2.29 bits per heavy atom. The van der Waals surface area contributed by atoms with Crippen LogP contribution in [-0.4, -0.2) is 29.2 Å². The highest BCUT2D eigenvalue weighted by atomic mass is 32.1. The van der Waals surface area contributed by atoms with Crippen LogP contribution in [0.25, 0.3) is 0 Å². The van der Waals surface area contributed by atoms with Gasteiger partial charge in [-0.15, -0.1) is 11.3 Å². The van der Waals surface area contributed by atoms with Crippen molar-refractivity contribution in [2.24, 2.45) is 11.8 Å². The first-order valence-electron chi connectivity index (χ1n) is 7.03. The zero-order valence-corrected chi connectivity index (χ0v) is 13.7. The first kappa shape index (κ1) is 16.0. The number of carbonyl (C=O) groups excluding carboxylic acids is 1. The number of hydrogen-bond donors (Lipinski definition) is 2. The van der Waals surface area contributed by atoms with Crippen LogP contribution in [0.15, 0.2) is 0 Å². The molecule has 4 atom stereocenters. The standard InChI is InChI=1S/C15H21NO4S/c1-6-8(3)20-9(4)11(6)13(17)16-14-12(15(18)19)7(2)10(5)21-14/h6,8-9,11H,1-5H3,(H,16,17)(H,18,19). The minimum absolute atomic E-state index is 0.0292. The van der Waals surface area contributed by atoms with Gasteiger partial charge in [-0.3, -0.25) is 4.79 Å². The lowest BCUT2D eigenvalue weighted by Gasteiger charge is -2.17. The van der Waals surface area contributed by atoms with E-state index in [1.54, 1.807) is 6.92 Å². The molecular formula is C15H21NO4S. The van der Waals surface area contributed by atoms with Gasteiger partial charge in [0.15, 0.2) is 0 Å². The van der Waals surface area contributed by atoms with Gasteiger partial charge in [-0.1, -0.05) is 6.92 Å². The third-order valence-corrected chi connectivity index (χ3v) is 5.50. The molecule has 0 aliphatic carbocycles. The fourth-order valence-corrected chi connectivity index (χ4v) is 3.94. The average molecular weight is 311 g/mol. The lowest BCUT2D eigenvalue weighted by Crippen LogP contribution is -2.32. The Labute approximate surface area is 128 Å². The highest BCUT2D eigenvalue weighted by Gasteiger charge is 2.42. The number of anilines is 1. The van der Waals surface area contributed by atoms with E-state index < -0.39 is 5.97 Å². The maximum Gasteiger partial charge on any atom is 0.338 e. The molecule has 0 saturated carbocycles. The van der Waals surface area contributed by atoms with Crippen LogP contribution in [0, 0.1) is 25.7 Å². The first-order chi connectivity index (χ1) is 9.73. The van der Waals surface area contributed by atoms with Crippen LogP contribution >= 0.6 is 11.3 Å². The van der Waals surface area contributed by atoms with Crippen LogP contribution in [0.1, 0.15) is 41.6 Å². The highest BCUT2D eigenvalue weighted by Crippen LogP contribution is 2.36. The molecule has 1 aliphatic heterocycles. The summed E-state index contributed by atoms with van der Waals surface area (Å²) in [4.78, 5) is 24.8. The molecule has 116 valence electrons. The third kappa shape index (κ3) is 2.82. The molecule has 1 aromatic rings. The van der Waals surface area contributed by atoms with Crippen molar-refractivity contribution in [2.45, 2.75) is 46.8 Å². The summed E-state index contributed by atoms with van der Waals surface area (Å²) in [6.07, 6.45) is -0.132. The largest absolute Gasteiger partial charge is 0.478 e. The molecular weight excluding hydrogens is 290 g/mol. The van der Waals surface area contributed by atoms with E-state index in [2.05, 4.69) is 5.32 Å². The summed E-state index contributed by atoms with van der Waals surface area (Å²) in [6, 6.07) is 0. The van der Waals surface area contributed by atoms with Crippen molar-refractivity contribution in [3.63, 3.8) is 0 Å². The quantitative estimate of drug-likeness (QED) is 0.899. The fraction of sp³-hybridized carbons (Fsp3) is 0.600. The Morgan fingerprint density at radius 2 is 1.81 bits per heavy atom. The first-order valence-corrected chi connectivity index (χ1v) is 7.85. The topological polar surface area (TPSA) is 75.6 Å². The van der Waals surface area contributed by atoms with Gasteiger partial charge in [-0.05, 0) is 39.2 Å². The predicted octanol–water partition coefficient (Wildman–Crippen LogP) is 3.06. The molecule has 2 heterocycles. The van der Waals surface area contributed by atoms with Crippen LogP contribution in [0.4, 0.5) is 5.00 Å². The molecule has 2 rings (SSSR count). The number of hydrogen-bond acceptors (Lipinski definition) is 4. The predicted molar refractivity (Wildman–Crippen MR) is 82.0 cm³/mol. The average Bonchev–Trinajstić information content (AvgIpc) is 2.77. The van der Waals surface area contributed by atoms with Crippen LogP contribution in [-0.2, 0) is 9.53 Å². The molecule has 4 unspecified atom stereocenters. The molecule has 1 aromatic heterocycles. The van der Waals surface area contributed by atoms with Gasteiger partial charge in [0.1, 0.15) is 5.00 Å². The molecule has 1 fully saturated rings. The Morgan fingerprint density at radius 1 is 1.19 bits per heavy atom. The second kappa shape index (κ2) is 5.77. The van der Waals surface area contributed by atoms with E-state index in [4.69, 9.17) is 4.74 Å². The summed E-state index contributed by atoms with van der Waals surface area (Å²) in [5.74, 6) is -1.33. The van der Waals surface area contributed by atoms with Gasteiger partial charge >= 0.3 is 5.97 Å². The Balaban J connectivity index is 2.25. The molecule has 0 spiro atoms. The van der Waals surface area contributed by atoms with E-state index in [-0.39, 0.29) is 35.5 Å². The minimum atomic E-state index is -1.01. The normalized spacial score (nSPS) is 28.6. The summed E-state index contributed by atoms with van der Waals surface area (Å²) in [7, 11) is 0. The molecule has 1 saturated heterocycles. The molecule has 1 amide bonds. The number of aryl methyl sites for hydroxylation is 1. The number of nitrogens with one attached hydrogen (secondary N) is 1. The van der Waals surface area contributed by atoms with E-state index in [0.29, 0.717) is 10.6 Å². The molecule has 0 bridgehead atoms. The van der Waals surface area contributed by atoms with Crippen molar-refractivity contribution >= 4 is 28.2 Å². The highest BCUT2D eigenvalue weighted by molar-refractivity contribution is 7.16. The van der Waals surface area contributed by atoms with E-state index in [0.717, 1.165) is 4.88 Å². The van der Waals surface area contributed by atoms with Gasteiger partial charge in [0.25, 0.3) is 0 Å². The van der Waals surface area contributed by atoms with Gasteiger partial charge in [-0.25, -0.2) is 4.79 Å². The lowest BCUT2D eigenvalue weighted by molar-refractivity contribution is -0.121. The van der Waals surface area contributed by atoms with Crippen molar-refractivity contribution < 1.29 is 19.4 Å². The number of aromatic carboxylic acids is 1. The Hall–Kier alpha value is -1.40. The lowest BCUT2D eigenvalue weighted by atomic mass is 9.89. The number of carbonyl (C=O) groups is 2. The fourth-order valence-electron chi connectivity index (χ4n) is 2.89. The molecule has 2 N–H and O–H groups in total. The van der Waals surface area contributed by atoms with E-state index in [1.165, 1.54) is 11.3 Å². The maximum atomic E-state index is 12.5. The van der Waals surface area contributed by atoms with E-state index >= 15 is 0 Å². The molecule has 0 aromatic carbocycles. The van der Waals surface area contributed by atoms with E-state index in [1.807, 2.05) is 27.7 Å². The summed E-state index contributed by atoms with van der Waals surface area (Å²) in [6.45, 7) is 9.44. The maximum absolute atomic E-state index is 12.5. The van der Waals surface area contributed by atoms with Gasteiger partial charge in [-0.2, -0.15) is 0 Å². The molecule has 0 radical (unpaired) electrons. The molecule has 5 nitrogen and oxygen atoms in total. The minimum Gasteiger partial charge on any atom is -0.478 e. The summed E-state index contributed by atoms with van der Waals surface area (Å²) < 4.78 is 5.68. The smallest absolute Gasteiger partial charge is 0.338 e. The number of ether oxygens (including phenoxy) is 1. The SMILES string of the molecule is Cc1sc(NC(=O)C2C(C)OC(C)C2C)c(C(=O)O)c1C. The monoisotopic (exact) mass is 311 g/mol. The van der Waals surface area contributed by atoms with Crippen molar-refractivity contribution in [1.82, 2.24) is 0 Å². The number of rotatable bonds is 3. The summed E-state index contributed by atoms with van der Waals surface area (Å²) >= 11 is 1.31. The van der Waals surface area contributed by atoms with Crippen molar-refractivity contribution in [3.05, 3.63) is 16.0 Å². The van der Waals surface area contributed by atoms with Gasteiger partial charge in [0.05, 0.1) is 23.7 Å². The van der Waals surface area contributed by atoms with Crippen molar-refractivity contribution in [2.75, 3.05) is 5.32 Å². The number of thiophene rings is 1. The summed E-state index contributed by atoms with van der Waals surface area (Å²) in [5.41, 5.74) is 0.901. The number of carboxylic acid groups (broad SMARTS) is 1. The van der Waals surface area contributed by atoms with Crippen LogP contribution in [0.3, 0.4) is 0 Å². The Bertz CT molecular complexity index is 580. The second-order valence-corrected chi connectivity index (χ2v) is 6.94. The van der Waals surface area contributed by atoms with Crippen molar-refractivity contribution in [1.29, 1.82) is 0 Å². The second-order valence-electron chi connectivity index (χ2n) is 5.71. The summed E-state index contributed by atoms with van der Waals surface area (Å²) in [5, 5.41) is 12.5. The van der Waals surface area contributed by atoms with E-state index in [9.17, 15) is 14.7 Å². The zero-order chi connectivity index (χ0) is 15.9. The number of amides is 1.